The van der Waals surface area contributed by atoms with Crippen molar-refractivity contribution in [3.8, 4) is 5.75 Å². The van der Waals surface area contributed by atoms with E-state index in [0.717, 1.165) is 45.7 Å². The lowest BCUT2D eigenvalue weighted by molar-refractivity contribution is 0.184. The highest BCUT2D eigenvalue weighted by Gasteiger charge is 2.14. The van der Waals surface area contributed by atoms with Gasteiger partial charge in [0.05, 0.1) is 22.4 Å². The van der Waals surface area contributed by atoms with Crippen LogP contribution in [0.15, 0.2) is 34.5 Å². The molecule has 1 aromatic carbocycles. The number of hydrogen-bond acceptors (Lipinski definition) is 6. The van der Waals surface area contributed by atoms with Crippen LogP contribution in [0.5, 0.6) is 5.75 Å². The van der Waals surface area contributed by atoms with Gasteiger partial charge in [0.25, 0.3) is 0 Å². The summed E-state index contributed by atoms with van der Waals surface area (Å²) < 4.78 is 6.15. The first kappa shape index (κ1) is 20.1. The molecular formula is C20H28N6OS. The predicted octanol–water partition coefficient (Wildman–Crippen LogP) is 4.29. The van der Waals surface area contributed by atoms with Crippen molar-refractivity contribution in [1.29, 1.82) is 0 Å². The summed E-state index contributed by atoms with van der Waals surface area (Å²) in [6.45, 7) is 3.80. The number of aryl methyl sites for hydroxylation is 1. The van der Waals surface area contributed by atoms with Gasteiger partial charge in [-0.25, -0.2) is 4.98 Å². The maximum atomic E-state index is 6.15. The minimum absolute atomic E-state index is 0.0639. The molecule has 0 bridgehead atoms. The number of rotatable bonds is 6. The van der Waals surface area contributed by atoms with Gasteiger partial charge in [-0.2, -0.15) is 5.10 Å². The Labute approximate surface area is 169 Å². The number of hydrogen-bond donors (Lipinski definition) is 3. The molecule has 2 aromatic rings. The molecule has 1 saturated carbocycles. The summed E-state index contributed by atoms with van der Waals surface area (Å²) in [7, 11) is 0. The standard InChI is InChI=1S/C20H28N6OS/c1-13-18(14(2)25-26-19(21)22)28-20(23-13)24-15-9-11-17(12-10-15)27-16-7-5-3-4-6-8-16/h9-12,16H,3-8H2,1-2H3,(H,23,24)(H4,21,22,26). The first-order valence-electron chi connectivity index (χ1n) is 9.66. The van der Waals surface area contributed by atoms with Gasteiger partial charge >= 0.3 is 0 Å². The van der Waals surface area contributed by atoms with E-state index < -0.39 is 0 Å². The maximum absolute atomic E-state index is 6.15. The van der Waals surface area contributed by atoms with Crippen LogP contribution in [0.2, 0.25) is 0 Å². The Hall–Kier alpha value is -2.61. The second-order valence-corrected chi connectivity index (χ2v) is 8.02. The number of aromatic nitrogens is 1. The third-order valence-corrected chi connectivity index (χ3v) is 5.83. The van der Waals surface area contributed by atoms with Crippen molar-refractivity contribution in [2.75, 3.05) is 5.32 Å². The summed E-state index contributed by atoms with van der Waals surface area (Å²) in [5.41, 5.74) is 13.2. The molecule has 1 aliphatic rings. The Balaban J connectivity index is 1.63. The van der Waals surface area contributed by atoms with Gasteiger partial charge in [0.1, 0.15) is 5.75 Å². The molecule has 0 radical (unpaired) electrons. The van der Waals surface area contributed by atoms with E-state index in [1.165, 1.54) is 37.0 Å². The highest BCUT2D eigenvalue weighted by atomic mass is 32.1. The predicted molar refractivity (Wildman–Crippen MR) is 117 cm³/mol. The van der Waals surface area contributed by atoms with Gasteiger partial charge < -0.3 is 21.5 Å². The average molecular weight is 401 g/mol. The normalized spacial score (nSPS) is 15.7. The fourth-order valence-electron chi connectivity index (χ4n) is 3.26. The molecule has 1 heterocycles. The van der Waals surface area contributed by atoms with Gasteiger partial charge in [-0.3, -0.25) is 0 Å². The van der Waals surface area contributed by atoms with Crippen molar-refractivity contribution in [3.63, 3.8) is 0 Å². The highest BCUT2D eigenvalue weighted by molar-refractivity contribution is 7.17. The molecule has 0 spiro atoms. The largest absolute Gasteiger partial charge is 0.490 e. The number of benzene rings is 1. The minimum Gasteiger partial charge on any atom is -0.490 e. The van der Waals surface area contributed by atoms with E-state index in [9.17, 15) is 0 Å². The molecule has 7 nitrogen and oxygen atoms in total. The molecule has 0 unspecified atom stereocenters. The zero-order valence-corrected chi connectivity index (χ0v) is 17.3. The van der Waals surface area contributed by atoms with Crippen molar-refractivity contribution in [2.24, 2.45) is 21.7 Å². The maximum Gasteiger partial charge on any atom is 0.211 e. The van der Waals surface area contributed by atoms with E-state index in [0.29, 0.717) is 6.10 Å². The smallest absolute Gasteiger partial charge is 0.211 e. The Morgan fingerprint density at radius 1 is 1.11 bits per heavy atom. The van der Waals surface area contributed by atoms with Crippen LogP contribution in [0.3, 0.4) is 0 Å². The van der Waals surface area contributed by atoms with Crippen molar-refractivity contribution in [3.05, 3.63) is 34.8 Å². The van der Waals surface area contributed by atoms with Crippen LogP contribution >= 0.6 is 11.3 Å². The lowest BCUT2D eigenvalue weighted by Gasteiger charge is -2.17. The quantitative estimate of drug-likeness (QED) is 0.290. The first-order valence-corrected chi connectivity index (χ1v) is 10.5. The number of nitrogens with two attached hydrogens (primary N) is 2. The number of nitrogens with one attached hydrogen (secondary N) is 1. The molecule has 28 heavy (non-hydrogen) atoms. The summed E-state index contributed by atoms with van der Waals surface area (Å²) in [4.78, 5) is 5.51. The molecule has 0 amide bonds. The number of thiazole rings is 1. The third-order valence-electron chi connectivity index (χ3n) is 4.65. The Morgan fingerprint density at radius 3 is 2.43 bits per heavy atom. The van der Waals surface area contributed by atoms with E-state index in [1.807, 2.05) is 38.1 Å². The van der Waals surface area contributed by atoms with Crippen LogP contribution in [0.4, 0.5) is 10.8 Å². The molecule has 1 aliphatic carbocycles. The minimum atomic E-state index is -0.0639. The number of guanidine groups is 1. The second-order valence-electron chi connectivity index (χ2n) is 7.02. The second kappa shape index (κ2) is 9.54. The average Bonchev–Trinajstić information content (AvgIpc) is 2.86. The van der Waals surface area contributed by atoms with Crippen LogP contribution in [0.1, 0.15) is 56.0 Å². The van der Waals surface area contributed by atoms with Gasteiger partial charge in [0.2, 0.25) is 5.96 Å². The van der Waals surface area contributed by atoms with Crippen molar-refractivity contribution >= 4 is 33.8 Å². The SMILES string of the molecule is CC(=NN=C(N)N)c1sc(Nc2ccc(OC3CCCCCC3)cc2)nc1C. The number of ether oxygens (including phenoxy) is 1. The van der Waals surface area contributed by atoms with Gasteiger partial charge in [-0.1, -0.05) is 24.2 Å². The molecular weight excluding hydrogens is 372 g/mol. The van der Waals surface area contributed by atoms with Gasteiger partial charge in [0, 0.05) is 5.69 Å². The van der Waals surface area contributed by atoms with E-state index in [4.69, 9.17) is 16.2 Å². The zero-order valence-electron chi connectivity index (χ0n) is 16.4. The van der Waals surface area contributed by atoms with Crippen molar-refractivity contribution in [1.82, 2.24) is 4.98 Å². The summed E-state index contributed by atoms with van der Waals surface area (Å²) in [6, 6.07) is 8.06. The van der Waals surface area contributed by atoms with Gasteiger partial charge in [-0.15, -0.1) is 5.10 Å². The lowest BCUT2D eigenvalue weighted by Crippen LogP contribution is -2.22. The fraction of sp³-hybridized carbons (Fsp3) is 0.450. The van der Waals surface area contributed by atoms with Crippen molar-refractivity contribution < 1.29 is 4.74 Å². The monoisotopic (exact) mass is 400 g/mol. The summed E-state index contributed by atoms with van der Waals surface area (Å²) in [5, 5.41) is 11.9. The molecule has 0 aliphatic heterocycles. The molecule has 0 saturated heterocycles. The van der Waals surface area contributed by atoms with Crippen LogP contribution in [-0.4, -0.2) is 22.8 Å². The highest BCUT2D eigenvalue weighted by Crippen LogP contribution is 2.28. The number of anilines is 2. The van der Waals surface area contributed by atoms with Crippen LogP contribution in [-0.2, 0) is 0 Å². The van der Waals surface area contributed by atoms with E-state index in [1.54, 1.807) is 0 Å². The summed E-state index contributed by atoms with van der Waals surface area (Å²) in [5.74, 6) is 0.861. The Kier molecular flexibility index (Phi) is 6.86. The van der Waals surface area contributed by atoms with Crippen LogP contribution < -0.4 is 21.5 Å². The number of nitrogens with zero attached hydrogens (tertiary/aromatic N) is 3. The fourth-order valence-corrected chi connectivity index (χ4v) is 4.18. The molecule has 0 atom stereocenters. The molecule has 1 fully saturated rings. The van der Waals surface area contributed by atoms with Crippen molar-refractivity contribution in [2.45, 2.75) is 58.5 Å². The molecule has 150 valence electrons. The van der Waals surface area contributed by atoms with E-state index in [2.05, 4.69) is 20.5 Å². The van der Waals surface area contributed by atoms with Gasteiger partial charge in [-0.05, 0) is 63.8 Å². The lowest BCUT2D eigenvalue weighted by atomic mass is 10.1. The Morgan fingerprint density at radius 2 is 1.79 bits per heavy atom. The third kappa shape index (κ3) is 5.69. The van der Waals surface area contributed by atoms with E-state index in [-0.39, 0.29) is 5.96 Å². The zero-order chi connectivity index (χ0) is 19.9. The summed E-state index contributed by atoms with van der Waals surface area (Å²) in [6.07, 6.45) is 7.84. The molecule has 1 aromatic heterocycles. The first-order chi connectivity index (χ1) is 13.5. The molecule has 8 heteroatoms. The topological polar surface area (TPSA) is 111 Å². The van der Waals surface area contributed by atoms with Gasteiger partial charge in [0.15, 0.2) is 5.13 Å². The summed E-state index contributed by atoms with van der Waals surface area (Å²) >= 11 is 1.51. The van der Waals surface area contributed by atoms with Crippen LogP contribution in [0, 0.1) is 6.92 Å². The van der Waals surface area contributed by atoms with Crippen LogP contribution in [0.25, 0.3) is 0 Å². The van der Waals surface area contributed by atoms with E-state index >= 15 is 0 Å². The molecule has 3 rings (SSSR count). The Bertz CT molecular complexity index is 831. The molecule has 5 N–H and O–H groups in total.